The topological polar surface area (TPSA) is 80.0 Å². The number of rotatable bonds is 4. The molecule has 1 amide bonds. The van der Waals surface area contributed by atoms with Gasteiger partial charge in [0.25, 0.3) is 5.91 Å². The zero-order valence-corrected chi connectivity index (χ0v) is 18.6. The van der Waals surface area contributed by atoms with Crippen LogP contribution in [-0.2, 0) is 0 Å². The van der Waals surface area contributed by atoms with Gasteiger partial charge in [-0.25, -0.2) is 9.97 Å². The molecule has 1 aliphatic rings. The Morgan fingerprint density at radius 1 is 0.818 bits per heavy atom. The second-order valence-electron chi connectivity index (χ2n) is 7.75. The number of carbonyl (C=O) groups excluding carboxylic acids is 1. The maximum absolute atomic E-state index is 13.3. The lowest BCUT2D eigenvalue weighted by atomic mass is 10.1. The van der Waals surface area contributed by atoms with Crippen molar-refractivity contribution in [1.82, 2.24) is 29.9 Å². The SMILES string of the molecule is O=C(c1ccccc1-n1nccn1)N1CCCN(c2ncc(-c3ccc(Cl)cc3)cn2)CC1. The van der Waals surface area contributed by atoms with Crippen LogP contribution in [0.1, 0.15) is 16.8 Å². The highest BCUT2D eigenvalue weighted by Crippen LogP contribution is 2.22. The summed E-state index contributed by atoms with van der Waals surface area (Å²) in [5.41, 5.74) is 3.22. The number of carbonyl (C=O) groups is 1. The molecule has 3 heterocycles. The molecule has 0 bridgehead atoms. The van der Waals surface area contributed by atoms with E-state index in [1.165, 1.54) is 4.80 Å². The summed E-state index contributed by atoms with van der Waals surface area (Å²) in [6.07, 6.45) is 7.68. The first-order chi connectivity index (χ1) is 16.2. The van der Waals surface area contributed by atoms with Crippen molar-refractivity contribution in [2.75, 3.05) is 31.1 Å². The molecule has 5 rings (SSSR count). The lowest BCUT2D eigenvalue weighted by molar-refractivity contribution is 0.0766. The van der Waals surface area contributed by atoms with Gasteiger partial charge in [-0.05, 0) is 36.2 Å². The van der Waals surface area contributed by atoms with E-state index in [9.17, 15) is 4.79 Å². The average molecular weight is 460 g/mol. The second-order valence-corrected chi connectivity index (χ2v) is 8.18. The quantitative estimate of drug-likeness (QED) is 0.462. The molecular weight excluding hydrogens is 438 g/mol. The van der Waals surface area contributed by atoms with Crippen LogP contribution in [0, 0.1) is 0 Å². The van der Waals surface area contributed by atoms with Gasteiger partial charge in [-0.1, -0.05) is 35.9 Å². The molecule has 166 valence electrons. The number of halogens is 1. The standard InChI is InChI=1S/C24H22ClN7O/c25-20-8-6-18(7-9-20)19-16-26-24(27-17-19)31-13-3-12-30(14-15-31)23(33)21-4-1-2-5-22(21)32-28-10-11-29-32/h1-2,4-11,16-17H,3,12-15H2. The number of hydrogen-bond acceptors (Lipinski definition) is 6. The van der Waals surface area contributed by atoms with Crippen LogP contribution in [0.2, 0.25) is 5.02 Å². The Morgan fingerprint density at radius 3 is 2.30 bits per heavy atom. The van der Waals surface area contributed by atoms with E-state index in [4.69, 9.17) is 11.6 Å². The minimum atomic E-state index is -0.0243. The van der Waals surface area contributed by atoms with Gasteiger partial charge in [0.2, 0.25) is 5.95 Å². The van der Waals surface area contributed by atoms with Crippen molar-refractivity contribution in [3.63, 3.8) is 0 Å². The Morgan fingerprint density at radius 2 is 1.55 bits per heavy atom. The minimum absolute atomic E-state index is 0.0243. The Kier molecular flexibility index (Phi) is 5.99. The lowest BCUT2D eigenvalue weighted by Gasteiger charge is -2.23. The van der Waals surface area contributed by atoms with Crippen LogP contribution in [0.5, 0.6) is 0 Å². The van der Waals surface area contributed by atoms with E-state index in [1.54, 1.807) is 12.4 Å². The number of amides is 1. The van der Waals surface area contributed by atoms with Crippen molar-refractivity contribution in [2.24, 2.45) is 0 Å². The third-order valence-electron chi connectivity index (χ3n) is 5.65. The third kappa shape index (κ3) is 4.56. The number of benzene rings is 2. The van der Waals surface area contributed by atoms with Gasteiger partial charge in [0.1, 0.15) is 0 Å². The van der Waals surface area contributed by atoms with Crippen LogP contribution in [-0.4, -0.2) is 61.9 Å². The van der Waals surface area contributed by atoms with E-state index in [-0.39, 0.29) is 5.91 Å². The molecule has 2 aromatic heterocycles. The average Bonchev–Trinajstić information content (AvgIpc) is 3.29. The Labute approximate surface area is 196 Å². The lowest BCUT2D eigenvalue weighted by Crippen LogP contribution is -2.36. The molecule has 4 aromatic rings. The Hall–Kier alpha value is -3.78. The summed E-state index contributed by atoms with van der Waals surface area (Å²) in [4.78, 5) is 28.0. The zero-order valence-electron chi connectivity index (χ0n) is 17.9. The van der Waals surface area contributed by atoms with Crippen molar-refractivity contribution in [2.45, 2.75) is 6.42 Å². The molecule has 0 saturated carbocycles. The van der Waals surface area contributed by atoms with E-state index < -0.39 is 0 Å². The van der Waals surface area contributed by atoms with Crippen LogP contribution in [0.4, 0.5) is 5.95 Å². The number of aromatic nitrogens is 5. The fourth-order valence-corrected chi connectivity index (χ4v) is 4.06. The molecule has 1 fully saturated rings. The monoisotopic (exact) mass is 459 g/mol. The van der Waals surface area contributed by atoms with E-state index in [1.807, 2.05) is 65.8 Å². The van der Waals surface area contributed by atoms with Gasteiger partial charge in [0.15, 0.2) is 0 Å². The van der Waals surface area contributed by atoms with E-state index in [2.05, 4.69) is 25.1 Å². The highest BCUT2D eigenvalue weighted by Gasteiger charge is 2.24. The predicted octanol–water partition coefficient (Wildman–Crippen LogP) is 3.73. The van der Waals surface area contributed by atoms with Crippen molar-refractivity contribution >= 4 is 23.5 Å². The summed E-state index contributed by atoms with van der Waals surface area (Å²) in [7, 11) is 0. The van der Waals surface area contributed by atoms with Crippen LogP contribution < -0.4 is 4.90 Å². The third-order valence-corrected chi connectivity index (χ3v) is 5.90. The maximum Gasteiger partial charge on any atom is 0.256 e. The van der Waals surface area contributed by atoms with Crippen LogP contribution in [0.15, 0.2) is 73.3 Å². The van der Waals surface area contributed by atoms with Crippen molar-refractivity contribution in [1.29, 1.82) is 0 Å². The number of hydrogen-bond donors (Lipinski definition) is 0. The van der Waals surface area contributed by atoms with Crippen LogP contribution >= 0.6 is 11.6 Å². The van der Waals surface area contributed by atoms with Crippen molar-refractivity contribution in [3.05, 3.63) is 83.9 Å². The fourth-order valence-electron chi connectivity index (χ4n) is 3.94. The van der Waals surface area contributed by atoms with Crippen LogP contribution in [0.3, 0.4) is 0 Å². The normalized spacial score (nSPS) is 14.2. The highest BCUT2D eigenvalue weighted by molar-refractivity contribution is 6.30. The summed E-state index contributed by atoms with van der Waals surface area (Å²) in [6, 6.07) is 15.0. The summed E-state index contributed by atoms with van der Waals surface area (Å²) in [5, 5.41) is 9.06. The molecule has 0 unspecified atom stereocenters. The van der Waals surface area contributed by atoms with Gasteiger partial charge in [0.05, 0.1) is 23.6 Å². The van der Waals surface area contributed by atoms with Crippen molar-refractivity contribution < 1.29 is 4.79 Å². The van der Waals surface area contributed by atoms with Gasteiger partial charge in [-0.2, -0.15) is 15.0 Å². The molecule has 8 nitrogen and oxygen atoms in total. The smallest absolute Gasteiger partial charge is 0.256 e. The van der Waals surface area contributed by atoms with E-state index >= 15 is 0 Å². The van der Waals surface area contributed by atoms with E-state index in [0.29, 0.717) is 41.9 Å². The van der Waals surface area contributed by atoms with Gasteiger partial charge < -0.3 is 9.80 Å². The zero-order chi connectivity index (χ0) is 22.6. The molecule has 0 radical (unpaired) electrons. The van der Waals surface area contributed by atoms with Gasteiger partial charge in [-0.3, -0.25) is 4.79 Å². The van der Waals surface area contributed by atoms with Gasteiger partial charge >= 0.3 is 0 Å². The molecule has 9 heteroatoms. The molecule has 1 saturated heterocycles. The van der Waals surface area contributed by atoms with Gasteiger partial charge in [-0.15, -0.1) is 0 Å². The summed E-state index contributed by atoms with van der Waals surface area (Å²) < 4.78 is 0. The molecule has 0 atom stereocenters. The molecule has 1 aliphatic heterocycles. The second kappa shape index (κ2) is 9.38. The first-order valence-corrected chi connectivity index (χ1v) is 11.1. The largest absolute Gasteiger partial charge is 0.339 e. The number of anilines is 1. The van der Waals surface area contributed by atoms with E-state index in [0.717, 1.165) is 24.1 Å². The fraction of sp³-hybridized carbons (Fsp3) is 0.208. The predicted molar refractivity (Wildman–Crippen MR) is 127 cm³/mol. The molecule has 0 spiro atoms. The molecule has 2 aromatic carbocycles. The Balaban J connectivity index is 1.29. The first kappa shape index (κ1) is 21.1. The summed E-state index contributed by atoms with van der Waals surface area (Å²) >= 11 is 5.98. The Bertz CT molecular complexity index is 1230. The first-order valence-electron chi connectivity index (χ1n) is 10.8. The van der Waals surface area contributed by atoms with Crippen LogP contribution in [0.25, 0.3) is 16.8 Å². The van der Waals surface area contributed by atoms with Gasteiger partial charge in [0, 0.05) is 49.2 Å². The molecule has 0 aliphatic carbocycles. The minimum Gasteiger partial charge on any atom is -0.339 e. The molecule has 0 N–H and O–H groups in total. The maximum atomic E-state index is 13.3. The highest BCUT2D eigenvalue weighted by atomic mass is 35.5. The molecule has 33 heavy (non-hydrogen) atoms. The number of nitrogens with zero attached hydrogens (tertiary/aromatic N) is 7. The number of para-hydroxylation sites is 1. The summed E-state index contributed by atoms with van der Waals surface area (Å²) in [6.45, 7) is 2.70. The summed E-state index contributed by atoms with van der Waals surface area (Å²) in [5.74, 6) is 0.645. The van der Waals surface area contributed by atoms with Crippen molar-refractivity contribution in [3.8, 4) is 16.8 Å². The molecular formula is C24H22ClN7O.